The molecule has 1 N–H and O–H groups in total. The highest BCUT2D eigenvalue weighted by molar-refractivity contribution is 5.34. The number of hydrogen-bond donors (Lipinski definition) is 1. The molecule has 1 aromatic heterocycles. The quantitative estimate of drug-likeness (QED) is 0.747. The molecule has 0 aromatic carbocycles. The van der Waals surface area contributed by atoms with E-state index in [-0.39, 0.29) is 5.69 Å². The number of rotatable bonds is 3. The lowest BCUT2D eigenvalue weighted by molar-refractivity contribution is 0.699. The topological polar surface area (TPSA) is 46.9 Å². The van der Waals surface area contributed by atoms with Gasteiger partial charge in [0.05, 0.1) is 0 Å². The molecule has 1 aliphatic rings. The summed E-state index contributed by atoms with van der Waals surface area (Å²) in [4.78, 5) is 15.2. The van der Waals surface area contributed by atoms with Gasteiger partial charge >= 0.3 is 5.69 Å². The fraction of sp³-hybridized carbons (Fsp3) is 0.556. The molecule has 0 aliphatic heterocycles. The minimum Gasteiger partial charge on any atom is -0.367 e. The maximum Gasteiger partial charge on any atom is 0.349 e. The number of nitrogens with zero attached hydrogens (tertiary/aromatic N) is 2. The molecule has 4 heteroatoms. The van der Waals surface area contributed by atoms with Crippen molar-refractivity contribution in [3.8, 4) is 0 Å². The zero-order valence-corrected chi connectivity index (χ0v) is 7.66. The van der Waals surface area contributed by atoms with Gasteiger partial charge in [-0.25, -0.2) is 4.79 Å². The Labute approximate surface area is 76.6 Å². The number of aromatic nitrogens is 2. The Morgan fingerprint density at radius 3 is 3.00 bits per heavy atom. The Bertz CT molecular complexity index is 354. The average Bonchev–Trinajstić information content (AvgIpc) is 2.89. The van der Waals surface area contributed by atoms with E-state index in [9.17, 15) is 4.79 Å². The van der Waals surface area contributed by atoms with Gasteiger partial charge in [0.25, 0.3) is 0 Å². The predicted octanol–water partition coefficient (Wildman–Crippen LogP) is 0.837. The molecule has 1 aliphatic carbocycles. The van der Waals surface area contributed by atoms with Crippen LogP contribution in [0.25, 0.3) is 0 Å². The molecule has 13 heavy (non-hydrogen) atoms. The predicted molar refractivity (Wildman–Crippen MR) is 50.8 cm³/mol. The maximum absolute atomic E-state index is 11.3. The Morgan fingerprint density at radius 1 is 1.69 bits per heavy atom. The van der Waals surface area contributed by atoms with Crippen molar-refractivity contribution in [1.82, 2.24) is 9.55 Å². The van der Waals surface area contributed by atoms with E-state index in [1.165, 1.54) is 12.8 Å². The van der Waals surface area contributed by atoms with Gasteiger partial charge in [0.2, 0.25) is 0 Å². The molecule has 2 rings (SSSR count). The highest BCUT2D eigenvalue weighted by Gasteiger charge is 2.21. The highest BCUT2D eigenvalue weighted by atomic mass is 16.1. The first-order chi connectivity index (χ1) is 6.29. The minimum atomic E-state index is -0.173. The third-order valence-electron chi connectivity index (χ3n) is 2.14. The Morgan fingerprint density at radius 2 is 2.46 bits per heavy atom. The molecule has 0 bridgehead atoms. The number of aryl methyl sites for hydroxylation is 1. The lowest BCUT2D eigenvalue weighted by Gasteiger charge is -2.04. The van der Waals surface area contributed by atoms with Crippen LogP contribution in [0, 0.1) is 0 Å². The molecule has 0 unspecified atom stereocenters. The second kappa shape index (κ2) is 3.20. The zero-order valence-electron chi connectivity index (χ0n) is 7.66. The third kappa shape index (κ3) is 1.88. The van der Waals surface area contributed by atoms with Crippen molar-refractivity contribution < 1.29 is 0 Å². The fourth-order valence-corrected chi connectivity index (χ4v) is 1.19. The molecule has 0 saturated heterocycles. The Kier molecular flexibility index (Phi) is 2.04. The standard InChI is InChI=1S/C9H13N3O/c1-2-12-6-5-8(11-9(12)13)10-7-3-4-7/h5-7H,2-4H2,1H3,(H,10,11,13). The van der Waals surface area contributed by atoms with Crippen LogP contribution in [0.2, 0.25) is 0 Å². The number of nitrogens with one attached hydrogen (secondary N) is 1. The van der Waals surface area contributed by atoms with E-state index >= 15 is 0 Å². The first-order valence-corrected chi connectivity index (χ1v) is 4.63. The zero-order chi connectivity index (χ0) is 9.26. The molecule has 1 heterocycles. The minimum absolute atomic E-state index is 0.173. The second-order valence-electron chi connectivity index (χ2n) is 3.30. The third-order valence-corrected chi connectivity index (χ3v) is 2.14. The van der Waals surface area contributed by atoms with Gasteiger partial charge in [-0.05, 0) is 25.8 Å². The van der Waals surface area contributed by atoms with E-state index < -0.39 is 0 Å². The van der Waals surface area contributed by atoms with Gasteiger partial charge in [-0.3, -0.25) is 4.57 Å². The van der Waals surface area contributed by atoms with E-state index in [0.29, 0.717) is 18.4 Å². The van der Waals surface area contributed by atoms with Crippen LogP contribution in [0.1, 0.15) is 19.8 Å². The van der Waals surface area contributed by atoms with E-state index in [2.05, 4.69) is 10.3 Å². The van der Waals surface area contributed by atoms with Crippen LogP contribution in [0.3, 0.4) is 0 Å². The number of hydrogen-bond acceptors (Lipinski definition) is 3. The molecule has 1 aromatic rings. The van der Waals surface area contributed by atoms with E-state index in [1.807, 2.05) is 13.0 Å². The molecule has 0 radical (unpaired) electrons. The van der Waals surface area contributed by atoms with E-state index in [4.69, 9.17) is 0 Å². The molecular weight excluding hydrogens is 166 g/mol. The Hall–Kier alpha value is -1.32. The average molecular weight is 179 g/mol. The number of anilines is 1. The summed E-state index contributed by atoms with van der Waals surface area (Å²) in [6, 6.07) is 2.40. The molecule has 4 nitrogen and oxygen atoms in total. The van der Waals surface area contributed by atoms with Gasteiger partial charge in [-0.15, -0.1) is 0 Å². The molecule has 0 spiro atoms. The van der Waals surface area contributed by atoms with Crippen molar-refractivity contribution in [2.75, 3.05) is 5.32 Å². The first kappa shape index (κ1) is 8.29. The summed E-state index contributed by atoms with van der Waals surface area (Å²) in [5, 5.41) is 3.18. The van der Waals surface area contributed by atoms with Gasteiger partial charge in [-0.1, -0.05) is 0 Å². The molecule has 1 saturated carbocycles. The lowest BCUT2D eigenvalue weighted by atomic mass is 10.5. The van der Waals surface area contributed by atoms with Crippen LogP contribution < -0.4 is 11.0 Å². The van der Waals surface area contributed by atoms with Crippen LogP contribution in [-0.4, -0.2) is 15.6 Å². The molecule has 70 valence electrons. The van der Waals surface area contributed by atoms with Gasteiger partial charge in [0.1, 0.15) is 5.82 Å². The normalized spacial score (nSPS) is 15.8. The summed E-state index contributed by atoms with van der Waals surface area (Å²) in [6.45, 7) is 2.60. The summed E-state index contributed by atoms with van der Waals surface area (Å²) in [5.74, 6) is 0.706. The van der Waals surface area contributed by atoms with Crippen molar-refractivity contribution in [1.29, 1.82) is 0 Å². The second-order valence-corrected chi connectivity index (χ2v) is 3.30. The highest BCUT2D eigenvalue weighted by Crippen LogP contribution is 2.22. The van der Waals surface area contributed by atoms with Crippen LogP contribution in [0.5, 0.6) is 0 Å². The van der Waals surface area contributed by atoms with Crippen LogP contribution in [0.15, 0.2) is 17.1 Å². The SMILES string of the molecule is CCn1ccc(NC2CC2)nc1=O. The van der Waals surface area contributed by atoms with E-state index in [1.54, 1.807) is 10.8 Å². The summed E-state index contributed by atoms with van der Waals surface area (Å²) in [6.07, 6.45) is 4.16. The van der Waals surface area contributed by atoms with Gasteiger partial charge in [-0.2, -0.15) is 4.98 Å². The maximum atomic E-state index is 11.3. The van der Waals surface area contributed by atoms with Crippen molar-refractivity contribution in [3.05, 3.63) is 22.7 Å². The fourth-order valence-electron chi connectivity index (χ4n) is 1.19. The summed E-state index contributed by atoms with van der Waals surface area (Å²) in [5.41, 5.74) is -0.173. The van der Waals surface area contributed by atoms with Crippen molar-refractivity contribution in [2.24, 2.45) is 0 Å². The lowest BCUT2D eigenvalue weighted by Crippen LogP contribution is -2.22. The summed E-state index contributed by atoms with van der Waals surface area (Å²) in [7, 11) is 0. The summed E-state index contributed by atoms with van der Waals surface area (Å²) >= 11 is 0. The molecule has 0 atom stereocenters. The monoisotopic (exact) mass is 179 g/mol. The van der Waals surface area contributed by atoms with Crippen molar-refractivity contribution in [2.45, 2.75) is 32.4 Å². The molecule has 1 fully saturated rings. The first-order valence-electron chi connectivity index (χ1n) is 4.63. The van der Waals surface area contributed by atoms with E-state index in [0.717, 1.165) is 0 Å². The van der Waals surface area contributed by atoms with Gasteiger partial charge in [0, 0.05) is 18.8 Å². The van der Waals surface area contributed by atoms with Gasteiger partial charge < -0.3 is 5.32 Å². The smallest absolute Gasteiger partial charge is 0.349 e. The van der Waals surface area contributed by atoms with Crippen LogP contribution >= 0.6 is 0 Å². The molecule has 0 amide bonds. The summed E-state index contributed by atoms with van der Waals surface area (Å²) < 4.78 is 1.58. The Balaban J connectivity index is 2.19. The largest absolute Gasteiger partial charge is 0.367 e. The molecular formula is C9H13N3O. The van der Waals surface area contributed by atoms with Crippen molar-refractivity contribution in [3.63, 3.8) is 0 Å². The van der Waals surface area contributed by atoms with Crippen molar-refractivity contribution >= 4 is 5.82 Å². The van der Waals surface area contributed by atoms with Gasteiger partial charge in [0.15, 0.2) is 0 Å². The van der Waals surface area contributed by atoms with Crippen LogP contribution in [-0.2, 0) is 6.54 Å². The van der Waals surface area contributed by atoms with Crippen LogP contribution in [0.4, 0.5) is 5.82 Å².